The number of nitrogens with zero attached hydrogens (tertiary/aromatic N) is 1. The van der Waals surface area contributed by atoms with Crippen LogP contribution in [-0.2, 0) is 9.59 Å². The number of likely N-dealkylation sites (N-methyl/N-ethyl adjacent to an activating group) is 1. The molecular formula is C19H15NO4. The van der Waals surface area contributed by atoms with E-state index in [-0.39, 0.29) is 11.7 Å². The van der Waals surface area contributed by atoms with Crippen molar-refractivity contribution in [2.24, 2.45) is 0 Å². The lowest BCUT2D eigenvalue weighted by atomic mass is 10.1. The van der Waals surface area contributed by atoms with E-state index in [9.17, 15) is 9.59 Å². The van der Waals surface area contributed by atoms with E-state index in [1.165, 1.54) is 6.08 Å². The van der Waals surface area contributed by atoms with Gasteiger partial charge in [0, 0.05) is 13.1 Å². The van der Waals surface area contributed by atoms with Crippen molar-refractivity contribution < 1.29 is 19.4 Å². The highest BCUT2D eigenvalue weighted by atomic mass is 16.5. The van der Waals surface area contributed by atoms with Crippen LogP contribution in [0.1, 0.15) is 11.1 Å². The van der Waals surface area contributed by atoms with E-state index in [4.69, 9.17) is 9.84 Å². The predicted molar refractivity (Wildman–Crippen MR) is 91.6 cm³/mol. The molecule has 2 aromatic rings. The zero-order valence-electron chi connectivity index (χ0n) is 13.0. The van der Waals surface area contributed by atoms with Crippen LogP contribution in [0.3, 0.4) is 0 Å². The average molecular weight is 321 g/mol. The number of carboxylic acid groups (broad SMARTS) is 1. The largest absolute Gasteiger partial charge is 0.478 e. The third-order valence-electron chi connectivity index (χ3n) is 3.59. The summed E-state index contributed by atoms with van der Waals surface area (Å²) in [5, 5.41) is 8.69. The van der Waals surface area contributed by atoms with Crippen LogP contribution >= 0.6 is 0 Å². The lowest BCUT2D eigenvalue weighted by molar-refractivity contribution is -0.131. The van der Waals surface area contributed by atoms with Crippen LogP contribution in [0.5, 0.6) is 5.75 Å². The minimum Gasteiger partial charge on any atom is -0.478 e. The second-order valence-electron chi connectivity index (χ2n) is 5.28. The number of hydrogen-bond acceptors (Lipinski definition) is 3. The molecule has 24 heavy (non-hydrogen) atoms. The van der Waals surface area contributed by atoms with Gasteiger partial charge in [0.05, 0.1) is 5.69 Å². The number of fused-ring (bicyclic) bond motifs is 1. The van der Waals surface area contributed by atoms with E-state index in [0.717, 1.165) is 22.9 Å². The maximum atomic E-state index is 12.4. The Bertz CT molecular complexity index is 867. The molecule has 5 nitrogen and oxygen atoms in total. The highest BCUT2D eigenvalue weighted by Crippen LogP contribution is 2.34. The summed E-state index contributed by atoms with van der Waals surface area (Å²) in [7, 11) is 1.70. The molecule has 3 rings (SSSR count). The third-order valence-corrected chi connectivity index (χ3v) is 3.59. The monoisotopic (exact) mass is 321 g/mol. The Morgan fingerprint density at radius 1 is 1.12 bits per heavy atom. The number of aliphatic carboxylic acids is 1. The molecule has 0 atom stereocenters. The average Bonchev–Trinajstić information content (AvgIpc) is 2.58. The minimum atomic E-state index is -1.01. The first kappa shape index (κ1) is 15.6. The fourth-order valence-electron chi connectivity index (χ4n) is 2.42. The molecule has 2 aromatic carbocycles. The zero-order valence-corrected chi connectivity index (χ0v) is 13.0. The molecule has 0 saturated carbocycles. The second-order valence-corrected chi connectivity index (χ2v) is 5.28. The number of benzene rings is 2. The smallest absolute Gasteiger partial charge is 0.328 e. The summed E-state index contributed by atoms with van der Waals surface area (Å²) in [5.74, 6) is -0.411. The summed E-state index contributed by atoms with van der Waals surface area (Å²) in [4.78, 5) is 24.6. The number of para-hydroxylation sites is 2. The molecule has 0 bridgehead atoms. The highest BCUT2D eigenvalue weighted by Gasteiger charge is 2.26. The Balaban J connectivity index is 1.93. The molecule has 0 aromatic heterocycles. The number of ether oxygens (including phenoxy) is 1. The standard InChI is InChI=1S/C19H15NO4/c1-20-15-7-2-3-8-16(15)24-17(19(20)23)12-14-6-4-5-13(11-14)9-10-18(21)22/h2-12H,1H3,(H,21,22)/b10-9+,17-12-. The molecule has 0 saturated heterocycles. The lowest BCUT2D eigenvalue weighted by Crippen LogP contribution is -2.33. The van der Waals surface area contributed by atoms with Gasteiger partial charge >= 0.3 is 5.97 Å². The van der Waals surface area contributed by atoms with E-state index in [1.54, 1.807) is 42.3 Å². The first-order chi connectivity index (χ1) is 11.5. The van der Waals surface area contributed by atoms with Gasteiger partial charge in [-0.1, -0.05) is 30.3 Å². The third kappa shape index (κ3) is 3.20. The molecule has 1 amide bonds. The fourth-order valence-corrected chi connectivity index (χ4v) is 2.42. The Morgan fingerprint density at radius 2 is 1.88 bits per heavy atom. The van der Waals surface area contributed by atoms with E-state index in [1.807, 2.05) is 24.3 Å². The van der Waals surface area contributed by atoms with Gasteiger partial charge in [-0.25, -0.2) is 4.79 Å². The van der Waals surface area contributed by atoms with Gasteiger partial charge < -0.3 is 14.7 Å². The molecule has 0 aliphatic carbocycles. The number of carbonyl (C=O) groups excluding carboxylic acids is 1. The van der Waals surface area contributed by atoms with Gasteiger partial charge in [0.25, 0.3) is 5.91 Å². The molecule has 1 aliphatic heterocycles. The molecule has 1 aliphatic rings. The van der Waals surface area contributed by atoms with Crippen molar-refractivity contribution in [1.82, 2.24) is 0 Å². The summed E-state index contributed by atoms with van der Waals surface area (Å²) in [5.41, 5.74) is 2.19. The van der Waals surface area contributed by atoms with E-state index < -0.39 is 5.97 Å². The topological polar surface area (TPSA) is 66.8 Å². The molecule has 0 fully saturated rings. The summed E-state index contributed by atoms with van der Waals surface area (Å²) in [6, 6.07) is 14.5. The molecule has 0 spiro atoms. The van der Waals surface area contributed by atoms with Gasteiger partial charge in [-0.05, 0) is 41.5 Å². The minimum absolute atomic E-state index is 0.218. The first-order valence-corrected chi connectivity index (χ1v) is 7.32. The Labute approximate surface area is 139 Å². The number of hydrogen-bond donors (Lipinski definition) is 1. The summed E-state index contributed by atoms with van der Waals surface area (Å²) in [6.45, 7) is 0. The van der Waals surface area contributed by atoms with Gasteiger partial charge in [-0.15, -0.1) is 0 Å². The molecule has 1 N–H and O–H groups in total. The van der Waals surface area contributed by atoms with Crippen LogP contribution in [0.25, 0.3) is 12.2 Å². The fraction of sp³-hybridized carbons (Fsp3) is 0.0526. The van der Waals surface area contributed by atoms with Crippen LogP contribution in [0.4, 0.5) is 5.69 Å². The number of carbonyl (C=O) groups is 2. The normalized spacial score (nSPS) is 15.5. The number of anilines is 1. The van der Waals surface area contributed by atoms with Crippen molar-refractivity contribution in [3.05, 3.63) is 71.5 Å². The lowest BCUT2D eigenvalue weighted by Gasteiger charge is -2.27. The first-order valence-electron chi connectivity index (χ1n) is 7.32. The zero-order chi connectivity index (χ0) is 17.1. The van der Waals surface area contributed by atoms with Gasteiger partial charge in [-0.2, -0.15) is 0 Å². The van der Waals surface area contributed by atoms with Crippen molar-refractivity contribution in [2.75, 3.05) is 11.9 Å². The Morgan fingerprint density at radius 3 is 2.67 bits per heavy atom. The van der Waals surface area contributed by atoms with Crippen molar-refractivity contribution in [1.29, 1.82) is 0 Å². The molecule has 1 heterocycles. The second kappa shape index (κ2) is 6.42. The molecule has 5 heteroatoms. The summed E-state index contributed by atoms with van der Waals surface area (Å²) in [6.07, 6.45) is 4.21. The number of rotatable bonds is 3. The van der Waals surface area contributed by atoms with E-state index >= 15 is 0 Å². The maximum absolute atomic E-state index is 12.4. The van der Waals surface area contributed by atoms with Gasteiger partial charge in [0.15, 0.2) is 11.5 Å². The van der Waals surface area contributed by atoms with Crippen molar-refractivity contribution in [3.63, 3.8) is 0 Å². The Hall–Kier alpha value is -3.34. The molecule has 0 radical (unpaired) electrons. The summed E-state index contributed by atoms with van der Waals surface area (Å²) < 4.78 is 5.71. The van der Waals surface area contributed by atoms with Gasteiger partial charge in [0.2, 0.25) is 0 Å². The Kier molecular flexibility index (Phi) is 4.16. The quantitative estimate of drug-likeness (QED) is 0.882. The van der Waals surface area contributed by atoms with Crippen molar-refractivity contribution in [3.8, 4) is 5.75 Å². The van der Waals surface area contributed by atoms with Crippen LogP contribution in [-0.4, -0.2) is 24.0 Å². The number of carboxylic acids is 1. The number of amides is 1. The van der Waals surface area contributed by atoms with Gasteiger partial charge in [0.1, 0.15) is 0 Å². The summed E-state index contributed by atoms with van der Waals surface area (Å²) >= 11 is 0. The van der Waals surface area contributed by atoms with Crippen LogP contribution in [0, 0.1) is 0 Å². The van der Waals surface area contributed by atoms with Crippen molar-refractivity contribution >= 4 is 29.7 Å². The molecule has 0 unspecified atom stereocenters. The molecule has 120 valence electrons. The molecular weight excluding hydrogens is 306 g/mol. The van der Waals surface area contributed by atoms with E-state index in [2.05, 4.69) is 0 Å². The van der Waals surface area contributed by atoms with Crippen LogP contribution < -0.4 is 9.64 Å². The SMILES string of the molecule is CN1C(=O)/C(=C/c2cccc(/C=C/C(=O)O)c2)Oc2ccccc21. The van der Waals surface area contributed by atoms with Crippen LogP contribution in [0.15, 0.2) is 60.4 Å². The highest BCUT2D eigenvalue weighted by molar-refractivity contribution is 6.09. The maximum Gasteiger partial charge on any atom is 0.328 e. The van der Waals surface area contributed by atoms with Crippen LogP contribution in [0.2, 0.25) is 0 Å². The predicted octanol–water partition coefficient (Wildman–Crippen LogP) is 3.18. The van der Waals surface area contributed by atoms with Crippen molar-refractivity contribution in [2.45, 2.75) is 0 Å². The van der Waals surface area contributed by atoms with E-state index in [0.29, 0.717) is 5.75 Å². The van der Waals surface area contributed by atoms with Gasteiger partial charge in [-0.3, -0.25) is 4.79 Å².